The van der Waals surface area contributed by atoms with E-state index in [0.717, 1.165) is 11.4 Å². The van der Waals surface area contributed by atoms with E-state index in [-0.39, 0.29) is 5.91 Å². The second-order valence-electron chi connectivity index (χ2n) is 7.38. The Kier molecular flexibility index (Phi) is 6.28. The number of amides is 1. The Morgan fingerprint density at radius 3 is 2.42 bits per heavy atom. The standard InChI is InChI=1S/C24H22ClN5O3/c1-14-11-15(2)30(29-14)22-13-23(27-16(3)26-22)33-19-8-6-18(7-9-19)28-24(31)20-12-17(25)5-10-21(20)32-4/h5-13H,1-4H3,(H,28,31). The van der Waals surface area contributed by atoms with Crippen molar-refractivity contribution in [3.8, 4) is 23.2 Å². The fourth-order valence-electron chi connectivity index (χ4n) is 3.33. The van der Waals surface area contributed by atoms with Crippen molar-refractivity contribution in [2.75, 3.05) is 12.4 Å². The van der Waals surface area contributed by atoms with Gasteiger partial charge in [-0.05, 0) is 69.3 Å². The molecule has 0 fully saturated rings. The normalized spacial score (nSPS) is 10.7. The molecule has 1 amide bonds. The van der Waals surface area contributed by atoms with Gasteiger partial charge in [0.1, 0.15) is 17.3 Å². The van der Waals surface area contributed by atoms with E-state index in [1.54, 1.807) is 60.1 Å². The molecular weight excluding hydrogens is 442 g/mol. The average molecular weight is 464 g/mol. The fraction of sp³-hybridized carbons (Fsp3) is 0.167. The van der Waals surface area contributed by atoms with Gasteiger partial charge in [0.25, 0.3) is 5.91 Å². The van der Waals surface area contributed by atoms with Crippen molar-refractivity contribution in [2.45, 2.75) is 20.8 Å². The van der Waals surface area contributed by atoms with Crippen molar-refractivity contribution in [3.05, 3.63) is 82.4 Å². The van der Waals surface area contributed by atoms with Crippen molar-refractivity contribution in [2.24, 2.45) is 0 Å². The molecular formula is C24H22ClN5O3. The van der Waals surface area contributed by atoms with Crippen LogP contribution in [-0.4, -0.2) is 32.8 Å². The summed E-state index contributed by atoms with van der Waals surface area (Å²) in [5, 5.41) is 7.74. The number of benzene rings is 2. The molecule has 8 nitrogen and oxygen atoms in total. The lowest BCUT2D eigenvalue weighted by Gasteiger charge is -2.11. The Bertz CT molecular complexity index is 1320. The van der Waals surface area contributed by atoms with Gasteiger partial charge in [0.15, 0.2) is 5.82 Å². The van der Waals surface area contributed by atoms with E-state index in [1.165, 1.54) is 7.11 Å². The van der Waals surface area contributed by atoms with Crippen LogP contribution in [0.3, 0.4) is 0 Å². The van der Waals surface area contributed by atoms with Gasteiger partial charge < -0.3 is 14.8 Å². The number of carbonyl (C=O) groups excluding carboxylic acids is 1. The molecule has 4 rings (SSSR count). The van der Waals surface area contributed by atoms with Crippen LogP contribution in [0.25, 0.3) is 5.82 Å². The van der Waals surface area contributed by atoms with Crippen molar-refractivity contribution < 1.29 is 14.3 Å². The molecule has 0 saturated heterocycles. The van der Waals surface area contributed by atoms with Crippen LogP contribution in [0.1, 0.15) is 27.6 Å². The number of hydrogen-bond donors (Lipinski definition) is 1. The van der Waals surface area contributed by atoms with Gasteiger partial charge in [-0.15, -0.1) is 0 Å². The zero-order chi connectivity index (χ0) is 23.5. The van der Waals surface area contributed by atoms with Crippen molar-refractivity contribution in [1.82, 2.24) is 19.7 Å². The molecule has 168 valence electrons. The lowest BCUT2D eigenvalue weighted by atomic mass is 10.2. The van der Waals surface area contributed by atoms with Crippen LogP contribution < -0.4 is 14.8 Å². The smallest absolute Gasteiger partial charge is 0.259 e. The summed E-state index contributed by atoms with van der Waals surface area (Å²) in [4.78, 5) is 21.5. The maximum Gasteiger partial charge on any atom is 0.259 e. The number of nitrogens with one attached hydrogen (secondary N) is 1. The zero-order valence-electron chi connectivity index (χ0n) is 18.6. The molecule has 33 heavy (non-hydrogen) atoms. The van der Waals surface area contributed by atoms with Gasteiger partial charge in [-0.2, -0.15) is 10.1 Å². The Morgan fingerprint density at radius 1 is 1.00 bits per heavy atom. The van der Waals surface area contributed by atoms with Gasteiger partial charge in [0, 0.05) is 22.5 Å². The second-order valence-corrected chi connectivity index (χ2v) is 7.81. The third kappa shape index (κ3) is 5.12. The number of halogens is 1. The SMILES string of the molecule is COc1ccc(Cl)cc1C(=O)Nc1ccc(Oc2cc(-n3nc(C)cc3C)nc(C)n2)cc1. The molecule has 2 aromatic heterocycles. The quantitative estimate of drug-likeness (QED) is 0.417. The third-order valence-corrected chi connectivity index (χ3v) is 5.00. The first kappa shape index (κ1) is 22.3. The zero-order valence-corrected chi connectivity index (χ0v) is 19.3. The molecule has 2 aromatic carbocycles. The molecule has 9 heteroatoms. The molecule has 4 aromatic rings. The monoisotopic (exact) mass is 463 g/mol. The Hall–Kier alpha value is -3.91. The number of ether oxygens (including phenoxy) is 2. The van der Waals surface area contributed by atoms with E-state index >= 15 is 0 Å². The Labute approximate surface area is 196 Å². The first-order valence-corrected chi connectivity index (χ1v) is 10.5. The number of anilines is 1. The highest BCUT2D eigenvalue weighted by Gasteiger charge is 2.14. The topological polar surface area (TPSA) is 91.2 Å². The summed E-state index contributed by atoms with van der Waals surface area (Å²) >= 11 is 6.02. The number of aryl methyl sites for hydroxylation is 3. The number of nitrogens with zero attached hydrogens (tertiary/aromatic N) is 4. The van der Waals surface area contributed by atoms with Gasteiger partial charge >= 0.3 is 0 Å². The van der Waals surface area contributed by atoms with Crippen LogP contribution >= 0.6 is 11.6 Å². The van der Waals surface area contributed by atoms with Gasteiger partial charge in [-0.1, -0.05) is 11.6 Å². The van der Waals surface area contributed by atoms with Crippen LogP contribution in [0, 0.1) is 20.8 Å². The summed E-state index contributed by atoms with van der Waals surface area (Å²) in [7, 11) is 1.50. The fourth-order valence-corrected chi connectivity index (χ4v) is 3.50. The van der Waals surface area contributed by atoms with Gasteiger partial charge in [0.05, 0.1) is 18.4 Å². The Morgan fingerprint density at radius 2 is 1.76 bits per heavy atom. The predicted molar refractivity (Wildman–Crippen MR) is 126 cm³/mol. The molecule has 1 N–H and O–H groups in total. The molecule has 0 aliphatic heterocycles. The Balaban J connectivity index is 1.50. The van der Waals surface area contributed by atoms with Gasteiger partial charge in [-0.3, -0.25) is 4.79 Å². The highest BCUT2D eigenvalue weighted by atomic mass is 35.5. The first-order chi connectivity index (χ1) is 15.8. The van der Waals surface area contributed by atoms with Crippen molar-refractivity contribution in [3.63, 3.8) is 0 Å². The number of aromatic nitrogens is 4. The van der Waals surface area contributed by atoms with Crippen LogP contribution in [0.2, 0.25) is 5.02 Å². The van der Waals surface area contributed by atoms with E-state index < -0.39 is 0 Å². The van der Waals surface area contributed by atoms with E-state index in [2.05, 4.69) is 20.4 Å². The summed E-state index contributed by atoms with van der Waals surface area (Å²) in [6, 6.07) is 15.5. The highest BCUT2D eigenvalue weighted by molar-refractivity contribution is 6.31. The van der Waals surface area contributed by atoms with Crippen molar-refractivity contribution in [1.29, 1.82) is 0 Å². The molecule has 0 atom stereocenters. The second kappa shape index (κ2) is 9.30. The number of rotatable bonds is 6. The minimum Gasteiger partial charge on any atom is -0.496 e. The molecule has 0 spiro atoms. The van der Waals surface area contributed by atoms with Crippen LogP contribution in [0.15, 0.2) is 54.6 Å². The summed E-state index contributed by atoms with van der Waals surface area (Å²) in [6.45, 7) is 5.69. The summed E-state index contributed by atoms with van der Waals surface area (Å²) in [5.41, 5.74) is 2.81. The van der Waals surface area contributed by atoms with Crippen LogP contribution in [0.5, 0.6) is 17.4 Å². The molecule has 0 bridgehead atoms. The number of hydrogen-bond acceptors (Lipinski definition) is 6. The van der Waals surface area contributed by atoms with Crippen LogP contribution in [-0.2, 0) is 0 Å². The molecule has 0 unspecified atom stereocenters. The molecule has 0 aliphatic carbocycles. The van der Waals surface area contributed by atoms with Gasteiger partial charge in [0.2, 0.25) is 5.88 Å². The van der Waals surface area contributed by atoms with Gasteiger partial charge in [-0.25, -0.2) is 9.67 Å². The molecule has 0 aliphatic rings. The highest BCUT2D eigenvalue weighted by Crippen LogP contribution is 2.26. The van der Waals surface area contributed by atoms with E-state index in [1.807, 2.05) is 19.9 Å². The summed E-state index contributed by atoms with van der Waals surface area (Å²) in [6.07, 6.45) is 0. The van der Waals surface area contributed by atoms with E-state index in [9.17, 15) is 4.79 Å². The molecule has 0 saturated carbocycles. The maximum absolute atomic E-state index is 12.7. The largest absolute Gasteiger partial charge is 0.496 e. The van der Waals surface area contributed by atoms with E-state index in [0.29, 0.717) is 45.3 Å². The summed E-state index contributed by atoms with van der Waals surface area (Å²) < 4.78 is 12.9. The predicted octanol–water partition coefficient (Wildman–Crippen LogP) is 5.29. The molecule has 2 heterocycles. The third-order valence-electron chi connectivity index (χ3n) is 4.77. The number of carbonyl (C=O) groups is 1. The van der Waals surface area contributed by atoms with E-state index in [4.69, 9.17) is 21.1 Å². The minimum atomic E-state index is -0.330. The lowest BCUT2D eigenvalue weighted by molar-refractivity contribution is 0.102. The maximum atomic E-state index is 12.7. The first-order valence-electron chi connectivity index (χ1n) is 10.1. The van der Waals surface area contributed by atoms with Crippen LogP contribution in [0.4, 0.5) is 5.69 Å². The molecule has 0 radical (unpaired) electrons. The van der Waals surface area contributed by atoms with Crippen molar-refractivity contribution >= 4 is 23.2 Å². The average Bonchev–Trinajstić information content (AvgIpc) is 3.12. The minimum absolute atomic E-state index is 0.330. The lowest BCUT2D eigenvalue weighted by Crippen LogP contribution is -2.13. The summed E-state index contributed by atoms with van der Waals surface area (Å²) in [5.74, 6) is 2.26. The number of methoxy groups -OCH3 is 1.